The van der Waals surface area contributed by atoms with Gasteiger partial charge in [0.05, 0.1) is 0 Å². The molecule has 0 atom stereocenters. The van der Waals surface area contributed by atoms with E-state index in [1.165, 1.54) is 0 Å². The van der Waals surface area contributed by atoms with Crippen molar-refractivity contribution in [3.05, 3.63) is 54.1 Å². The van der Waals surface area contributed by atoms with Gasteiger partial charge in [0.2, 0.25) is 5.91 Å². The van der Waals surface area contributed by atoms with Crippen molar-refractivity contribution in [1.29, 1.82) is 0 Å². The van der Waals surface area contributed by atoms with Crippen LogP contribution >= 0.6 is 0 Å². The summed E-state index contributed by atoms with van der Waals surface area (Å²) in [5.41, 5.74) is 2.67. The minimum Gasteiger partial charge on any atom is -0.410 e. The number of carbonyl (C=O) groups is 2. The number of fused-ring (bicyclic) bond motifs is 1. The molecule has 1 N–H and O–H groups in total. The first-order valence-corrected chi connectivity index (χ1v) is 8.53. The van der Waals surface area contributed by atoms with E-state index in [4.69, 9.17) is 4.74 Å². The first-order valence-electron chi connectivity index (χ1n) is 8.53. The van der Waals surface area contributed by atoms with Gasteiger partial charge in [0, 0.05) is 23.8 Å². The Bertz CT molecular complexity index is 772. The SMILES string of the molecule is CC(C)C(=O)N1CCCc2cc(NC(=O)Oc3ccccc3)ccc21. The smallest absolute Gasteiger partial charge is 0.410 e. The number of ether oxygens (including phenoxy) is 1. The van der Waals surface area contributed by atoms with Gasteiger partial charge in [-0.3, -0.25) is 10.1 Å². The van der Waals surface area contributed by atoms with Gasteiger partial charge in [-0.1, -0.05) is 32.0 Å². The van der Waals surface area contributed by atoms with Crippen molar-refractivity contribution in [2.24, 2.45) is 5.92 Å². The summed E-state index contributed by atoms with van der Waals surface area (Å²) < 4.78 is 5.24. The van der Waals surface area contributed by atoms with Crippen LogP contribution in [0.3, 0.4) is 0 Å². The normalized spacial score (nSPS) is 13.3. The Morgan fingerprint density at radius 2 is 1.88 bits per heavy atom. The average molecular weight is 338 g/mol. The molecule has 0 saturated carbocycles. The van der Waals surface area contributed by atoms with Gasteiger partial charge in [0.15, 0.2) is 0 Å². The predicted molar refractivity (Wildman–Crippen MR) is 98.0 cm³/mol. The standard InChI is InChI=1S/C20H22N2O3/c1-14(2)19(23)22-12-6-7-15-13-16(10-11-18(15)22)21-20(24)25-17-8-4-3-5-9-17/h3-5,8-11,13-14H,6-7,12H2,1-2H3,(H,21,24). The van der Waals surface area contributed by atoms with Crippen LogP contribution in [0, 0.1) is 5.92 Å². The van der Waals surface area contributed by atoms with Crippen LogP contribution in [-0.2, 0) is 11.2 Å². The predicted octanol–water partition coefficient (Wildman–Crippen LogP) is 4.23. The number of nitrogens with one attached hydrogen (secondary N) is 1. The molecule has 0 aliphatic carbocycles. The number of rotatable bonds is 3. The van der Waals surface area contributed by atoms with Crippen molar-refractivity contribution in [3.8, 4) is 5.75 Å². The lowest BCUT2D eigenvalue weighted by molar-refractivity contribution is -0.121. The van der Waals surface area contributed by atoms with Gasteiger partial charge in [0.25, 0.3) is 0 Å². The molecule has 0 unspecified atom stereocenters. The number of anilines is 2. The molecule has 0 aromatic heterocycles. The van der Waals surface area contributed by atoms with E-state index in [9.17, 15) is 9.59 Å². The molecule has 5 heteroatoms. The molecule has 1 aliphatic heterocycles. The Hall–Kier alpha value is -2.82. The van der Waals surface area contributed by atoms with Crippen LogP contribution in [0.1, 0.15) is 25.8 Å². The summed E-state index contributed by atoms with van der Waals surface area (Å²) in [4.78, 5) is 26.2. The van der Waals surface area contributed by atoms with E-state index in [2.05, 4.69) is 5.32 Å². The summed E-state index contributed by atoms with van der Waals surface area (Å²) in [5.74, 6) is 0.585. The first-order chi connectivity index (χ1) is 12.0. The van der Waals surface area contributed by atoms with Crippen molar-refractivity contribution in [1.82, 2.24) is 0 Å². The third-order valence-electron chi connectivity index (χ3n) is 4.16. The van der Waals surface area contributed by atoms with E-state index in [1.807, 2.05) is 49.1 Å². The van der Waals surface area contributed by atoms with Gasteiger partial charge in [0.1, 0.15) is 5.75 Å². The first kappa shape index (κ1) is 17.0. The van der Waals surface area contributed by atoms with Crippen molar-refractivity contribution in [2.75, 3.05) is 16.8 Å². The fourth-order valence-electron chi connectivity index (χ4n) is 2.95. The Morgan fingerprint density at radius 1 is 1.12 bits per heavy atom. The average Bonchev–Trinajstić information content (AvgIpc) is 2.61. The van der Waals surface area contributed by atoms with Crippen molar-refractivity contribution < 1.29 is 14.3 Å². The molecule has 1 heterocycles. The van der Waals surface area contributed by atoms with Crippen molar-refractivity contribution in [3.63, 3.8) is 0 Å². The van der Waals surface area contributed by atoms with Crippen molar-refractivity contribution >= 4 is 23.4 Å². The molecular formula is C20H22N2O3. The van der Waals surface area contributed by atoms with Crippen LogP contribution in [-0.4, -0.2) is 18.5 Å². The number of hydrogen-bond acceptors (Lipinski definition) is 3. The van der Waals surface area contributed by atoms with Gasteiger partial charge < -0.3 is 9.64 Å². The Kier molecular flexibility index (Phi) is 5.03. The summed E-state index contributed by atoms with van der Waals surface area (Å²) >= 11 is 0. The molecule has 0 spiro atoms. The lowest BCUT2D eigenvalue weighted by Gasteiger charge is -2.31. The quantitative estimate of drug-likeness (QED) is 0.911. The zero-order chi connectivity index (χ0) is 17.8. The van der Waals surface area contributed by atoms with Gasteiger partial charge in [-0.25, -0.2) is 4.79 Å². The van der Waals surface area contributed by atoms with Crippen LogP contribution in [0.5, 0.6) is 5.75 Å². The fourth-order valence-corrected chi connectivity index (χ4v) is 2.95. The van der Waals surface area contributed by atoms with Gasteiger partial charge in [-0.2, -0.15) is 0 Å². The van der Waals surface area contributed by atoms with Gasteiger partial charge in [-0.15, -0.1) is 0 Å². The third kappa shape index (κ3) is 3.99. The maximum atomic E-state index is 12.4. The number of benzene rings is 2. The highest BCUT2D eigenvalue weighted by Gasteiger charge is 2.24. The largest absolute Gasteiger partial charge is 0.417 e. The molecule has 1 aliphatic rings. The molecule has 2 aromatic rings. The number of aryl methyl sites for hydroxylation is 1. The number of hydrogen-bond donors (Lipinski definition) is 1. The van der Waals surface area contributed by atoms with Crippen LogP contribution in [0.15, 0.2) is 48.5 Å². The fraction of sp³-hybridized carbons (Fsp3) is 0.300. The van der Waals surface area contributed by atoms with E-state index < -0.39 is 6.09 Å². The molecule has 25 heavy (non-hydrogen) atoms. The number of carbonyl (C=O) groups excluding carboxylic acids is 2. The van der Waals surface area contributed by atoms with Crippen molar-refractivity contribution in [2.45, 2.75) is 26.7 Å². The Labute approximate surface area is 147 Å². The van der Waals surface area contributed by atoms with E-state index in [-0.39, 0.29) is 11.8 Å². The molecule has 3 rings (SSSR count). The number of amides is 2. The zero-order valence-corrected chi connectivity index (χ0v) is 14.5. The monoisotopic (exact) mass is 338 g/mol. The molecular weight excluding hydrogens is 316 g/mol. The minimum atomic E-state index is -0.530. The van der Waals surface area contributed by atoms with Crippen LogP contribution in [0.25, 0.3) is 0 Å². The molecule has 2 aromatic carbocycles. The number of nitrogens with zero attached hydrogens (tertiary/aromatic N) is 1. The summed E-state index contributed by atoms with van der Waals surface area (Å²) in [6.07, 6.45) is 1.28. The van der Waals surface area contributed by atoms with Gasteiger partial charge in [-0.05, 0) is 48.7 Å². The second kappa shape index (κ2) is 7.38. The maximum absolute atomic E-state index is 12.4. The van der Waals surface area contributed by atoms with Gasteiger partial charge >= 0.3 is 6.09 Å². The summed E-state index contributed by atoms with van der Waals surface area (Å²) in [6, 6.07) is 14.5. The lowest BCUT2D eigenvalue weighted by Crippen LogP contribution is -2.38. The second-order valence-corrected chi connectivity index (χ2v) is 6.42. The molecule has 0 bridgehead atoms. The Balaban J connectivity index is 1.73. The number of para-hydroxylation sites is 1. The highest BCUT2D eigenvalue weighted by molar-refractivity contribution is 5.96. The summed E-state index contributed by atoms with van der Waals surface area (Å²) in [7, 11) is 0. The molecule has 0 saturated heterocycles. The van der Waals surface area contributed by atoms with E-state index in [0.717, 1.165) is 30.6 Å². The van der Waals surface area contributed by atoms with Crippen LogP contribution < -0.4 is 15.0 Å². The minimum absolute atomic E-state index is 0.0374. The van der Waals surface area contributed by atoms with Crippen LogP contribution in [0.4, 0.5) is 16.2 Å². The maximum Gasteiger partial charge on any atom is 0.417 e. The highest BCUT2D eigenvalue weighted by Crippen LogP contribution is 2.30. The van der Waals surface area contributed by atoms with Crippen LogP contribution in [0.2, 0.25) is 0 Å². The second-order valence-electron chi connectivity index (χ2n) is 6.42. The molecule has 5 nitrogen and oxygen atoms in total. The van der Waals surface area contributed by atoms with E-state index in [1.54, 1.807) is 18.2 Å². The lowest BCUT2D eigenvalue weighted by atomic mass is 9.99. The van der Waals surface area contributed by atoms with E-state index >= 15 is 0 Å². The Morgan fingerprint density at radius 3 is 2.60 bits per heavy atom. The molecule has 130 valence electrons. The van der Waals surface area contributed by atoms with E-state index in [0.29, 0.717) is 11.4 Å². The molecule has 2 amide bonds. The highest BCUT2D eigenvalue weighted by atomic mass is 16.6. The summed E-state index contributed by atoms with van der Waals surface area (Å²) in [5, 5.41) is 2.74. The zero-order valence-electron chi connectivity index (χ0n) is 14.5. The third-order valence-corrected chi connectivity index (χ3v) is 4.16. The molecule has 0 fully saturated rings. The summed E-state index contributed by atoms with van der Waals surface area (Å²) in [6.45, 7) is 4.56. The topological polar surface area (TPSA) is 58.6 Å². The molecule has 0 radical (unpaired) electrons.